The van der Waals surface area contributed by atoms with Gasteiger partial charge in [-0.2, -0.15) is 0 Å². The summed E-state index contributed by atoms with van der Waals surface area (Å²) in [5, 5.41) is 3.64. The molecule has 2 unspecified atom stereocenters. The monoisotopic (exact) mass is 305 g/mol. The number of nitrogens with one attached hydrogen (secondary N) is 1. The van der Waals surface area contributed by atoms with Gasteiger partial charge in [0, 0.05) is 22.9 Å². The van der Waals surface area contributed by atoms with Crippen molar-refractivity contribution in [2.45, 2.75) is 32.2 Å². The maximum Gasteiger partial charge on any atom is 0.112 e. The largest absolute Gasteiger partial charge is 0.380 e. The molecule has 0 aliphatic heterocycles. The third-order valence-corrected chi connectivity index (χ3v) is 4.18. The van der Waals surface area contributed by atoms with Gasteiger partial charge in [0.15, 0.2) is 0 Å². The molecule has 3 rings (SSSR count). The van der Waals surface area contributed by atoms with Crippen molar-refractivity contribution in [2.24, 2.45) is 5.92 Å². The number of fused-ring (bicyclic) bond motifs is 1. The van der Waals surface area contributed by atoms with Crippen LogP contribution in [0.15, 0.2) is 29.0 Å². The van der Waals surface area contributed by atoms with Crippen LogP contribution in [-0.2, 0) is 0 Å². The van der Waals surface area contributed by atoms with Crippen LogP contribution in [0.3, 0.4) is 0 Å². The van der Waals surface area contributed by atoms with Gasteiger partial charge in [-0.3, -0.25) is 9.97 Å². The number of halogens is 1. The number of hydrogen-bond acceptors (Lipinski definition) is 3. The average Bonchev–Trinajstić information content (AvgIpc) is 2.75. The van der Waals surface area contributed by atoms with Crippen LogP contribution in [0.2, 0.25) is 0 Å². The lowest BCUT2D eigenvalue weighted by Crippen LogP contribution is -2.22. The first-order valence-corrected chi connectivity index (χ1v) is 7.20. The molecule has 3 nitrogen and oxygen atoms in total. The van der Waals surface area contributed by atoms with Crippen molar-refractivity contribution < 1.29 is 0 Å². The topological polar surface area (TPSA) is 37.8 Å². The molecule has 2 aromatic rings. The predicted octanol–water partition coefficient (Wildman–Crippen LogP) is 3.99. The first-order chi connectivity index (χ1) is 8.74. The summed E-state index contributed by atoms with van der Waals surface area (Å²) in [6.07, 6.45) is 7.56. The Labute approximate surface area is 115 Å². The second-order valence-corrected chi connectivity index (χ2v) is 5.95. The molecular weight excluding hydrogens is 290 g/mol. The zero-order valence-corrected chi connectivity index (χ0v) is 11.9. The molecule has 2 aromatic heterocycles. The predicted molar refractivity (Wildman–Crippen MR) is 77.7 cm³/mol. The van der Waals surface area contributed by atoms with Gasteiger partial charge in [-0.25, -0.2) is 0 Å². The van der Waals surface area contributed by atoms with Crippen molar-refractivity contribution in [3.63, 3.8) is 0 Å². The molecule has 2 atom stereocenters. The molecule has 1 saturated carbocycles. The lowest BCUT2D eigenvalue weighted by Gasteiger charge is -2.19. The number of aromatic nitrogens is 2. The summed E-state index contributed by atoms with van der Waals surface area (Å²) in [4.78, 5) is 8.84. The fourth-order valence-corrected chi connectivity index (χ4v) is 3.00. The quantitative estimate of drug-likeness (QED) is 0.911. The van der Waals surface area contributed by atoms with Gasteiger partial charge in [0.2, 0.25) is 0 Å². The highest BCUT2D eigenvalue weighted by Gasteiger charge is 2.23. The van der Waals surface area contributed by atoms with Crippen LogP contribution >= 0.6 is 15.9 Å². The van der Waals surface area contributed by atoms with Crippen LogP contribution in [0.5, 0.6) is 0 Å². The number of hydrogen-bond donors (Lipinski definition) is 1. The van der Waals surface area contributed by atoms with E-state index in [-0.39, 0.29) is 0 Å². The molecule has 0 bridgehead atoms. The molecule has 94 valence electrons. The van der Waals surface area contributed by atoms with Gasteiger partial charge in [0.1, 0.15) is 5.52 Å². The second kappa shape index (κ2) is 4.84. The summed E-state index contributed by atoms with van der Waals surface area (Å²) < 4.78 is 0.967. The molecule has 4 heteroatoms. The number of nitrogens with zero attached hydrogens (tertiary/aromatic N) is 2. The molecule has 0 saturated heterocycles. The third kappa shape index (κ3) is 2.21. The average molecular weight is 306 g/mol. The lowest BCUT2D eigenvalue weighted by molar-refractivity contribution is 0.556. The van der Waals surface area contributed by atoms with Crippen LogP contribution in [0.4, 0.5) is 5.69 Å². The van der Waals surface area contributed by atoms with Crippen molar-refractivity contribution in [2.75, 3.05) is 5.32 Å². The van der Waals surface area contributed by atoms with E-state index < -0.39 is 0 Å². The summed E-state index contributed by atoms with van der Waals surface area (Å²) in [7, 11) is 0. The highest BCUT2D eigenvalue weighted by Crippen LogP contribution is 2.30. The highest BCUT2D eigenvalue weighted by atomic mass is 79.9. The Kier molecular flexibility index (Phi) is 3.20. The van der Waals surface area contributed by atoms with Gasteiger partial charge < -0.3 is 5.32 Å². The van der Waals surface area contributed by atoms with Crippen molar-refractivity contribution in [3.8, 4) is 0 Å². The van der Waals surface area contributed by atoms with Crippen LogP contribution < -0.4 is 5.32 Å². The van der Waals surface area contributed by atoms with Crippen molar-refractivity contribution in [3.05, 3.63) is 29.0 Å². The molecule has 18 heavy (non-hydrogen) atoms. The number of anilines is 1. The maximum atomic E-state index is 4.48. The molecule has 0 radical (unpaired) electrons. The van der Waals surface area contributed by atoms with E-state index >= 15 is 0 Å². The van der Waals surface area contributed by atoms with E-state index in [2.05, 4.69) is 38.1 Å². The minimum Gasteiger partial charge on any atom is -0.380 e. The van der Waals surface area contributed by atoms with Gasteiger partial charge >= 0.3 is 0 Å². The standard InChI is InChI=1S/C14H16BrN3/c1-9-3-2-4-11(9)18-12-5-6-16-13-7-10(15)8-17-14(12)13/h5-9,11H,2-4H2,1H3,(H,16,18). The van der Waals surface area contributed by atoms with Crippen molar-refractivity contribution >= 4 is 32.7 Å². The second-order valence-electron chi connectivity index (χ2n) is 5.04. The molecule has 0 spiro atoms. The first kappa shape index (κ1) is 11.9. The SMILES string of the molecule is CC1CCCC1Nc1ccnc2cc(Br)cnc12. The zero-order chi connectivity index (χ0) is 12.5. The zero-order valence-electron chi connectivity index (χ0n) is 10.4. The van der Waals surface area contributed by atoms with Crippen LogP contribution in [0.25, 0.3) is 11.0 Å². The lowest BCUT2D eigenvalue weighted by atomic mass is 10.1. The van der Waals surface area contributed by atoms with Gasteiger partial charge in [0.25, 0.3) is 0 Å². The van der Waals surface area contributed by atoms with E-state index in [1.165, 1.54) is 19.3 Å². The van der Waals surface area contributed by atoms with Crippen LogP contribution in [-0.4, -0.2) is 16.0 Å². The molecule has 1 N–H and O–H groups in total. The molecular formula is C14H16BrN3. The minimum atomic E-state index is 0.570. The highest BCUT2D eigenvalue weighted by molar-refractivity contribution is 9.10. The smallest absolute Gasteiger partial charge is 0.112 e. The molecule has 0 amide bonds. The minimum absolute atomic E-state index is 0.570. The molecule has 0 aromatic carbocycles. The number of rotatable bonds is 2. The summed E-state index contributed by atoms with van der Waals surface area (Å²) in [6, 6.07) is 4.60. The first-order valence-electron chi connectivity index (χ1n) is 6.41. The van der Waals surface area contributed by atoms with Gasteiger partial charge in [-0.15, -0.1) is 0 Å². The number of pyridine rings is 2. The van der Waals surface area contributed by atoms with E-state index in [0.717, 1.165) is 27.1 Å². The normalized spacial score (nSPS) is 23.4. The molecule has 1 aliphatic carbocycles. The molecule has 2 heterocycles. The Morgan fingerprint density at radius 3 is 3.00 bits per heavy atom. The van der Waals surface area contributed by atoms with Gasteiger partial charge in [0.05, 0.1) is 11.2 Å². The van der Waals surface area contributed by atoms with Crippen molar-refractivity contribution in [1.82, 2.24) is 9.97 Å². The van der Waals surface area contributed by atoms with E-state index in [0.29, 0.717) is 6.04 Å². The van der Waals surface area contributed by atoms with E-state index in [1.807, 2.05) is 24.5 Å². The Hall–Kier alpha value is -1.16. The fraction of sp³-hybridized carbons (Fsp3) is 0.429. The third-order valence-electron chi connectivity index (χ3n) is 3.75. The van der Waals surface area contributed by atoms with E-state index in [1.54, 1.807) is 0 Å². The van der Waals surface area contributed by atoms with Crippen molar-refractivity contribution in [1.29, 1.82) is 0 Å². The van der Waals surface area contributed by atoms with E-state index in [4.69, 9.17) is 0 Å². The van der Waals surface area contributed by atoms with E-state index in [9.17, 15) is 0 Å². The fourth-order valence-electron chi connectivity index (χ4n) is 2.68. The Balaban J connectivity index is 1.96. The Bertz CT molecular complexity index is 570. The molecule has 1 aliphatic rings. The summed E-state index contributed by atoms with van der Waals surface area (Å²) in [5.74, 6) is 0.740. The summed E-state index contributed by atoms with van der Waals surface area (Å²) in [5.41, 5.74) is 2.99. The summed E-state index contributed by atoms with van der Waals surface area (Å²) >= 11 is 3.43. The van der Waals surface area contributed by atoms with Crippen LogP contribution in [0, 0.1) is 5.92 Å². The van der Waals surface area contributed by atoms with Crippen LogP contribution in [0.1, 0.15) is 26.2 Å². The Morgan fingerprint density at radius 2 is 2.22 bits per heavy atom. The van der Waals surface area contributed by atoms with Gasteiger partial charge in [-0.1, -0.05) is 13.3 Å². The van der Waals surface area contributed by atoms with Gasteiger partial charge in [-0.05, 0) is 46.8 Å². The Morgan fingerprint density at radius 1 is 1.33 bits per heavy atom. The maximum absolute atomic E-state index is 4.48. The summed E-state index contributed by atoms with van der Waals surface area (Å²) in [6.45, 7) is 2.32. The molecule has 1 fully saturated rings.